The minimum absolute atomic E-state index is 0.128. The van der Waals surface area contributed by atoms with E-state index in [-0.39, 0.29) is 18.4 Å². The van der Waals surface area contributed by atoms with E-state index in [1.165, 1.54) is 11.8 Å². The van der Waals surface area contributed by atoms with Gasteiger partial charge in [-0.2, -0.15) is 0 Å². The molecular formula is C23H29N3O5S. The number of carbonyl (C=O) groups excluding carboxylic acids is 2. The topological polar surface area (TPSA) is 89.5 Å². The Hall–Kier alpha value is -2.78. The van der Waals surface area contributed by atoms with E-state index in [9.17, 15) is 9.59 Å². The van der Waals surface area contributed by atoms with E-state index in [1.54, 1.807) is 14.2 Å². The van der Waals surface area contributed by atoms with Crippen LogP contribution in [0, 0.1) is 0 Å². The number of esters is 1. The van der Waals surface area contributed by atoms with Crippen LogP contribution in [0.3, 0.4) is 0 Å². The molecule has 0 radical (unpaired) electrons. The van der Waals surface area contributed by atoms with Crippen molar-refractivity contribution in [2.45, 2.75) is 39.3 Å². The molecule has 9 heteroatoms. The average Bonchev–Trinajstić information content (AvgIpc) is 3.14. The first-order chi connectivity index (χ1) is 15.3. The summed E-state index contributed by atoms with van der Waals surface area (Å²) >= 11 is 1.44. The molecule has 1 amide bonds. The molecule has 2 aliphatic heterocycles. The Labute approximate surface area is 192 Å². The summed E-state index contributed by atoms with van der Waals surface area (Å²) in [5, 5.41) is 5.47. The van der Waals surface area contributed by atoms with E-state index in [0.29, 0.717) is 30.2 Å². The lowest BCUT2D eigenvalue weighted by Crippen LogP contribution is -2.38. The Bertz CT molecular complexity index is 970. The van der Waals surface area contributed by atoms with Gasteiger partial charge in [-0.1, -0.05) is 23.9 Å². The highest BCUT2D eigenvalue weighted by atomic mass is 32.2. The quantitative estimate of drug-likeness (QED) is 0.447. The number of aliphatic imine (C=N–C) groups is 1. The number of rotatable bonds is 9. The van der Waals surface area contributed by atoms with Crippen LogP contribution in [-0.4, -0.2) is 55.4 Å². The molecule has 1 aromatic rings. The number of nitrogens with one attached hydrogen (secondary N) is 1. The molecule has 1 N–H and O–H groups in total. The first kappa shape index (κ1) is 23.9. The molecule has 0 aromatic heterocycles. The molecule has 1 aromatic carbocycles. The van der Waals surface area contributed by atoms with E-state index in [2.05, 4.69) is 10.3 Å². The lowest BCUT2D eigenvalue weighted by molar-refractivity contribution is -0.143. The molecule has 0 spiro atoms. The van der Waals surface area contributed by atoms with Crippen molar-refractivity contribution in [1.29, 1.82) is 0 Å². The third-order valence-corrected chi connectivity index (χ3v) is 5.83. The monoisotopic (exact) mass is 459 g/mol. The number of amides is 1. The fourth-order valence-electron chi connectivity index (χ4n) is 3.55. The van der Waals surface area contributed by atoms with Gasteiger partial charge in [0.1, 0.15) is 5.75 Å². The van der Waals surface area contributed by atoms with Crippen LogP contribution in [0.2, 0.25) is 0 Å². The Morgan fingerprint density at radius 2 is 2.06 bits per heavy atom. The zero-order chi connectivity index (χ0) is 23.3. The smallest absolute Gasteiger partial charge is 0.338 e. The van der Waals surface area contributed by atoms with Gasteiger partial charge in [0.05, 0.1) is 43.6 Å². The van der Waals surface area contributed by atoms with Crippen molar-refractivity contribution >= 4 is 28.8 Å². The van der Waals surface area contributed by atoms with Crippen molar-refractivity contribution in [3.63, 3.8) is 0 Å². The maximum Gasteiger partial charge on any atom is 0.338 e. The fourth-order valence-corrected chi connectivity index (χ4v) is 4.52. The number of carbonyl (C=O) groups is 2. The van der Waals surface area contributed by atoms with Crippen LogP contribution in [-0.2, 0) is 19.1 Å². The number of amidine groups is 1. The van der Waals surface area contributed by atoms with E-state index >= 15 is 0 Å². The highest BCUT2D eigenvalue weighted by molar-refractivity contribution is 8.16. The number of methoxy groups -OCH3 is 2. The molecule has 1 unspecified atom stereocenters. The van der Waals surface area contributed by atoms with Crippen LogP contribution in [0.1, 0.15) is 38.8 Å². The summed E-state index contributed by atoms with van der Waals surface area (Å²) in [6.45, 7) is 6.31. The van der Waals surface area contributed by atoms with Gasteiger partial charge in [-0.15, -0.1) is 0 Å². The molecule has 0 saturated heterocycles. The SMILES string of the molecule is COCCNC(=O)CC1=CSC2=NC(C)=C(C(=O)OC(C)C)C(c3cccc(OC)c3)N12. The van der Waals surface area contributed by atoms with Crippen LogP contribution >= 0.6 is 11.8 Å². The minimum Gasteiger partial charge on any atom is -0.497 e. The van der Waals surface area contributed by atoms with Crippen LogP contribution in [0.15, 0.2) is 51.6 Å². The zero-order valence-corrected chi connectivity index (χ0v) is 19.8. The number of ether oxygens (including phenoxy) is 3. The van der Waals surface area contributed by atoms with Crippen molar-refractivity contribution in [3.05, 3.63) is 52.2 Å². The fraction of sp³-hybridized carbons (Fsp3) is 0.435. The van der Waals surface area contributed by atoms with Crippen molar-refractivity contribution in [2.75, 3.05) is 27.4 Å². The number of fused-ring (bicyclic) bond motifs is 1. The summed E-state index contributed by atoms with van der Waals surface area (Å²) in [7, 11) is 3.19. The molecule has 0 bridgehead atoms. The van der Waals surface area contributed by atoms with Gasteiger partial charge in [0.15, 0.2) is 5.17 Å². The highest BCUT2D eigenvalue weighted by Crippen LogP contribution is 2.45. The second kappa shape index (κ2) is 10.7. The van der Waals surface area contributed by atoms with Crippen LogP contribution < -0.4 is 10.1 Å². The van der Waals surface area contributed by atoms with Crippen molar-refractivity contribution < 1.29 is 23.8 Å². The Morgan fingerprint density at radius 3 is 2.75 bits per heavy atom. The van der Waals surface area contributed by atoms with Gasteiger partial charge >= 0.3 is 5.97 Å². The van der Waals surface area contributed by atoms with E-state index < -0.39 is 12.0 Å². The average molecular weight is 460 g/mol. The second-order valence-electron chi connectivity index (χ2n) is 7.64. The lowest BCUT2D eigenvalue weighted by atomic mass is 9.93. The summed E-state index contributed by atoms with van der Waals surface area (Å²) in [6, 6.07) is 7.07. The van der Waals surface area contributed by atoms with Gasteiger partial charge in [0, 0.05) is 19.4 Å². The number of hydrogen-bond acceptors (Lipinski definition) is 8. The van der Waals surface area contributed by atoms with E-state index in [4.69, 9.17) is 14.2 Å². The summed E-state index contributed by atoms with van der Waals surface area (Å²) in [5.41, 5.74) is 2.66. The van der Waals surface area contributed by atoms with Crippen molar-refractivity contribution in [2.24, 2.45) is 4.99 Å². The summed E-state index contributed by atoms with van der Waals surface area (Å²) < 4.78 is 16.0. The predicted octanol–water partition coefficient (Wildman–Crippen LogP) is 3.37. The highest BCUT2D eigenvalue weighted by Gasteiger charge is 2.41. The molecular weight excluding hydrogens is 430 g/mol. The molecule has 2 aliphatic rings. The van der Waals surface area contributed by atoms with Gasteiger partial charge < -0.3 is 24.4 Å². The Balaban J connectivity index is 1.99. The number of benzene rings is 1. The number of nitrogens with zero attached hydrogens (tertiary/aromatic N) is 2. The predicted molar refractivity (Wildman–Crippen MR) is 124 cm³/mol. The van der Waals surface area contributed by atoms with Crippen molar-refractivity contribution in [3.8, 4) is 5.75 Å². The zero-order valence-electron chi connectivity index (χ0n) is 19.0. The first-order valence-electron chi connectivity index (χ1n) is 10.4. The van der Waals surface area contributed by atoms with Gasteiger partial charge in [-0.3, -0.25) is 4.79 Å². The maximum atomic E-state index is 13.1. The van der Waals surface area contributed by atoms with Crippen LogP contribution in [0.5, 0.6) is 5.75 Å². The third kappa shape index (κ3) is 5.34. The molecule has 0 aliphatic carbocycles. The van der Waals surface area contributed by atoms with Crippen LogP contribution in [0.4, 0.5) is 0 Å². The lowest BCUT2D eigenvalue weighted by Gasteiger charge is -2.36. The summed E-state index contributed by atoms with van der Waals surface area (Å²) in [6.07, 6.45) is -0.115. The molecule has 0 saturated carbocycles. The molecule has 2 heterocycles. The first-order valence-corrected chi connectivity index (χ1v) is 11.3. The molecule has 172 valence electrons. The molecule has 32 heavy (non-hydrogen) atoms. The van der Waals surface area contributed by atoms with Crippen molar-refractivity contribution in [1.82, 2.24) is 10.2 Å². The number of allylic oxidation sites excluding steroid dienone is 1. The van der Waals surface area contributed by atoms with Gasteiger partial charge in [0.2, 0.25) is 5.91 Å². The second-order valence-corrected chi connectivity index (χ2v) is 8.48. The maximum absolute atomic E-state index is 13.1. The molecule has 8 nitrogen and oxygen atoms in total. The summed E-state index contributed by atoms with van der Waals surface area (Å²) in [4.78, 5) is 32.2. The molecule has 3 rings (SSSR count). The number of thioether (sulfide) groups is 1. The van der Waals surface area contributed by atoms with Gasteiger partial charge in [-0.25, -0.2) is 9.79 Å². The molecule has 1 atom stereocenters. The van der Waals surface area contributed by atoms with Gasteiger partial charge in [-0.05, 0) is 43.9 Å². The minimum atomic E-state index is -0.489. The normalized spacial score (nSPS) is 17.7. The van der Waals surface area contributed by atoms with Gasteiger partial charge in [0.25, 0.3) is 0 Å². The summed E-state index contributed by atoms with van der Waals surface area (Å²) in [5.74, 6) is 0.126. The standard InChI is InChI=1S/C23H29N3O5S/c1-14(2)31-22(28)20-15(3)25-23-26(21(20)16-7-6-8-18(11-16)30-5)17(13-32-23)12-19(27)24-9-10-29-4/h6-8,11,13-14,21H,9-10,12H2,1-5H3,(H,24,27). The largest absolute Gasteiger partial charge is 0.497 e. The van der Waals surface area contributed by atoms with E-state index in [1.807, 2.05) is 55.3 Å². The third-order valence-electron chi connectivity index (χ3n) is 4.94. The number of hydrogen-bond donors (Lipinski definition) is 1. The van der Waals surface area contributed by atoms with E-state index in [0.717, 1.165) is 16.4 Å². The Morgan fingerprint density at radius 1 is 1.28 bits per heavy atom. The Kier molecular flexibility index (Phi) is 7.98. The molecule has 0 fully saturated rings. The van der Waals surface area contributed by atoms with Crippen LogP contribution in [0.25, 0.3) is 0 Å².